The summed E-state index contributed by atoms with van der Waals surface area (Å²) >= 11 is 0. The van der Waals surface area contributed by atoms with Crippen molar-refractivity contribution >= 4 is 11.6 Å². The van der Waals surface area contributed by atoms with Crippen LogP contribution in [-0.2, 0) is 11.3 Å². The van der Waals surface area contributed by atoms with E-state index in [1.807, 2.05) is 48.5 Å². The van der Waals surface area contributed by atoms with Crippen molar-refractivity contribution in [2.75, 3.05) is 32.7 Å². The fourth-order valence-corrected chi connectivity index (χ4v) is 2.22. The number of nitrogens with one attached hydrogen (secondary N) is 1. The van der Waals surface area contributed by atoms with Crippen LogP contribution in [0.1, 0.15) is 5.56 Å². The molecule has 0 heterocycles. The molecule has 0 unspecified atom stereocenters. The highest BCUT2D eigenvalue weighted by molar-refractivity contribution is 5.94. The first-order chi connectivity index (χ1) is 11.2. The number of amides is 1. The number of rotatable bonds is 7. The topological polar surface area (TPSA) is 50.8 Å². The van der Waals surface area contributed by atoms with Gasteiger partial charge in [0.15, 0.2) is 11.5 Å². The maximum Gasteiger partial charge on any atom is 0.240 e. The summed E-state index contributed by atoms with van der Waals surface area (Å²) in [6, 6.07) is 15.3. The van der Waals surface area contributed by atoms with Crippen molar-refractivity contribution in [2.24, 2.45) is 0 Å². The molecule has 2 aromatic carbocycles. The molecule has 0 radical (unpaired) electrons. The minimum atomic E-state index is 0.0108. The summed E-state index contributed by atoms with van der Waals surface area (Å²) in [6.07, 6.45) is 0. The molecule has 0 aliphatic carbocycles. The highest BCUT2D eigenvalue weighted by Gasteiger charge is 2.10. The first-order valence-electron chi connectivity index (χ1n) is 7.39. The van der Waals surface area contributed by atoms with Gasteiger partial charge in [0.2, 0.25) is 5.91 Å². The van der Waals surface area contributed by atoms with Crippen LogP contribution >= 0.6 is 0 Å². The van der Waals surface area contributed by atoms with Gasteiger partial charge in [-0.2, -0.15) is 0 Å². The molecule has 0 bridgehead atoms. The van der Waals surface area contributed by atoms with E-state index < -0.39 is 0 Å². The van der Waals surface area contributed by atoms with Gasteiger partial charge in [0, 0.05) is 19.3 Å². The van der Waals surface area contributed by atoms with E-state index in [1.165, 1.54) is 0 Å². The van der Waals surface area contributed by atoms with Crippen molar-refractivity contribution in [1.29, 1.82) is 0 Å². The highest BCUT2D eigenvalue weighted by Crippen LogP contribution is 2.27. The molecule has 2 aromatic rings. The molecule has 0 aliphatic rings. The van der Waals surface area contributed by atoms with Crippen LogP contribution in [0.2, 0.25) is 0 Å². The fourth-order valence-electron chi connectivity index (χ4n) is 2.22. The van der Waals surface area contributed by atoms with Gasteiger partial charge in [0.05, 0.1) is 20.8 Å². The largest absolute Gasteiger partial charge is 0.493 e. The van der Waals surface area contributed by atoms with Crippen molar-refractivity contribution in [3.63, 3.8) is 0 Å². The predicted octanol–water partition coefficient (Wildman–Crippen LogP) is 2.46. The quantitative estimate of drug-likeness (QED) is 0.853. The minimum absolute atomic E-state index is 0.0108. The van der Waals surface area contributed by atoms with Gasteiger partial charge in [-0.3, -0.25) is 4.79 Å². The first-order valence-corrected chi connectivity index (χ1v) is 7.39. The summed E-state index contributed by atoms with van der Waals surface area (Å²) in [7, 11) is 4.98. The second-order valence-corrected chi connectivity index (χ2v) is 5.08. The Balaban J connectivity index is 1.88. The number of hydrogen-bond donors (Lipinski definition) is 1. The number of carbonyl (C=O) groups excluding carboxylic acids is 1. The Morgan fingerprint density at radius 2 is 1.74 bits per heavy atom. The van der Waals surface area contributed by atoms with Crippen LogP contribution < -0.4 is 19.7 Å². The fraction of sp³-hybridized carbons (Fsp3) is 0.278. The molecule has 1 amide bonds. The number of anilines is 1. The average molecular weight is 314 g/mol. The van der Waals surface area contributed by atoms with Crippen LogP contribution in [0.4, 0.5) is 5.69 Å². The summed E-state index contributed by atoms with van der Waals surface area (Å²) < 4.78 is 10.5. The molecule has 0 spiro atoms. The van der Waals surface area contributed by atoms with E-state index >= 15 is 0 Å². The number of benzene rings is 2. The Labute approximate surface area is 136 Å². The summed E-state index contributed by atoms with van der Waals surface area (Å²) in [5.41, 5.74) is 1.91. The zero-order valence-electron chi connectivity index (χ0n) is 13.7. The zero-order valence-corrected chi connectivity index (χ0v) is 13.7. The zero-order chi connectivity index (χ0) is 16.7. The van der Waals surface area contributed by atoms with Gasteiger partial charge in [-0.25, -0.2) is 0 Å². The molecule has 5 nitrogen and oxygen atoms in total. The van der Waals surface area contributed by atoms with Crippen molar-refractivity contribution in [1.82, 2.24) is 5.32 Å². The molecule has 0 aliphatic heterocycles. The first kappa shape index (κ1) is 16.8. The second kappa shape index (κ2) is 8.19. The Morgan fingerprint density at radius 3 is 2.39 bits per heavy atom. The molecular weight excluding hydrogens is 292 g/mol. The summed E-state index contributed by atoms with van der Waals surface area (Å²) in [5.74, 6) is 1.38. The monoisotopic (exact) mass is 314 g/mol. The van der Waals surface area contributed by atoms with Crippen molar-refractivity contribution in [3.8, 4) is 11.5 Å². The lowest BCUT2D eigenvalue weighted by molar-refractivity contribution is -0.117. The lowest BCUT2D eigenvalue weighted by Gasteiger charge is -2.17. The Kier molecular flexibility index (Phi) is 6.00. The maximum absolute atomic E-state index is 12.2. The van der Waals surface area contributed by atoms with Crippen LogP contribution in [0, 0.1) is 0 Å². The molecule has 0 atom stereocenters. The number of hydrogen-bond acceptors (Lipinski definition) is 4. The summed E-state index contributed by atoms with van der Waals surface area (Å²) in [4.78, 5) is 13.8. The van der Waals surface area contributed by atoms with Gasteiger partial charge in [0.1, 0.15) is 0 Å². The SMILES string of the molecule is COc1ccc(CNCC(=O)N(C)c2ccccc2)cc1OC. The highest BCUT2D eigenvalue weighted by atomic mass is 16.5. The van der Waals surface area contributed by atoms with E-state index in [9.17, 15) is 4.79 Å². The number of ether oxygens (including phenoxy) is 2. The van der Waals surface area contributed by atoms with Gasteiger partial charge in [-0.05, 0) is 29.8 Å². The molecule has 0 saturated carbocycles. The average Bonchev–Trinajstić information content (AvgIpc) is 2.61. The Bertz CT molecular complexity index is 644. The van der Waals surface area contributed by atoms with Crippen LogP contribution in [0.5, 0.6) is 11.5 Å². The van der Waals surface area contributed by atoms with Gasteiger partial charge >= 0.3 is 0 Å². The van der Waals surface area contributed by atoms with E-state index in [2.05, 4.69) is 5.32 Å². The van der Waals surface area contributed by atoms with E-state index in [-0.39, 0.29) is 12.5 Å². The summed E-state index contributed by atoms with van der Waals surface area (Å²) in [5, 5.41) is 3.15. The van der Waals surface area contributed by atoms with Gasteiger partial charge < -0.3 is 19.7 Å². The van der Waals surface area contributed by atoms with Crippen molar-refractivity contribution < 1.29 is 14.3 Å². The van der Waals surface area contributed by atoms with Gasteiger partial charge in [-0.15, -0.1) is 0 Å². The Morgan fingerprint density at radius 1 is 1.04 bits per heavy atom. The van der Waals surface area contributed by atoms with E-state index in [1.54, 1.807) is 26.2 Å². The minimum Gasteiger partial charge on any atom is -0.493 e. The summed E-state index contributed by atoms with van der Waals surface area (Å²) in [6.45, 7) is 0.842. The van der Waals surface area contributed by atoms with Crippen LogP contribution in [0.3, 0.4) is 0 Å². The lowest BCUT2D eigenvalue weighted by Crippen LogP contribution is -2.35. The van der Waals surface area contributed by atoms with Crippen molar-refractivity contribution in [2.45, 2.75) is 6.54 Å². The number of carbonyl (C=O) groups is 1. The maximum atomic E-state index is 12.2. The third-order valence-corrected chi connectivity index (χ3v) is 3.57. The van der Waals surface area contributed by atoms with E-state index in [0.29, 0.717) is 18.0 Å². The number of likely N-dealkylation sites (N-methyl/N-ethyl adjacent to an activating group) is 1. The second-order valence-electron chi connectivity index (χ2n) is 5.08. The number of nitrogens with zero attached hydrogens (tertiary/aromatic N) is 1. The van der Waals surface area contributed by atoms with Crippen LogP contribution in [0.15, 0.2) is 48.5 Å². The molecule has 122 valence electrons. The molecule has 23 heavy (non-hydrogen) atoms. The van der Waals surface area contributed by atoms with Gasteiger partial charge in [-0.1, -0.05) is 24.3 Å². The third kappa shape index (κ3) is 4.47. The Hall–Kier alpha value is -2.53. The third-order valence-electron chi connectivity index (χ3n) is 3.57. The number of methoxy groups -OCH3 is 2. The van der Waals surface area contributed by atoms with Crippen LogP contribution in [0.25, 0.3) is 0 Å². The molecule has 5 heteroatoms. The molecular formula is C18H22N2O3. The predicted molar refractivity (Wildman–Crippen MR) is 91.1 cm³/mol. The van der Waals surface area contributed by atoms with Gasteiger partial charge in [0.25, 0.3) is 0 Å². The van der Waals surface area contributed by atoms with Crippen LogP contribution in [-0.4, -0.2) is 33.7 Å². The smallest absolute Gasteiger partial charge is 0.240 e. The molecule has 0 fully saturated rings. The van der Waals surface area contributed by atoms with Crippen molar-refractivity contribution in [3.05, 3.63) is 54.1 Å². The normalized spacial score (nSPS) is 10.2. The molecule has 1 N–H and O–H groups in total. The standard InChI is InChI=1S/C18H22N2O3/c1-20(15-7-5-4-6-8-15)18(21)13-19-12-14-9-10-16(22-2)17(11-14)23-3/h4-11,19H,12-13H2,1-3H3. The molecule has 0 aromatic heterocycles. The molecule has 0 saturated heterocycles. The van der Waals surface area contributed by atoms with E-state index in [0.717, 1.165) is 11.3 Å². The number of para-hydroxylation sites is 1. The van der Waals surface area contributed by atoms with E-state index in [4.69, 9.17) is 9.47 Å². The lowest BCUT2D eigenvalue weighted by atomic mass is 10.2. The molecule has 2 rings (SSSR count).